The molecular formula is C25H24N4O5. The highest BCUT2D eigenvalue weighted by Crippen LogP contribution is 2.33. The number of carbonyl (C=O) groups excluding carboxylic acids is 2. The Morgan fingerprint density at radius 1 is 0.971 bits per heavy atom. The lowest BCUT2D eigenvalue weighted by molar-refractivity contribution is -0.120. The Morgan fingerprint density at radius 2 is 1.76 bits per heavy atom. The van der Waals surface area contributed by atoms with Crippen molar-refractivity contribution >= 4 is 11.8 Å². The predicted molar refractivity (Wildman–Crippen MR) is 125 cm³/mol. The molecule has 9 heteroatoms. The van der Waals surface area contributed by atoms with Crippen molar-refractivity contribution in [3.05, 3.63) is 84.4 Å². The van der Waals surface area contributed by atoms with E-state index in [0.717, 1.165) is 5.69 Å². The molecule has 0 aliphatic heterocycles. The predicted octanol–water partition coefficient (Wildman–Crippen LogP) is 3.20. The summed E-state index contributed by atoms with van der Waals surface area (Å²) in [6.45, 7) is 0.0476. The summed E-state index contributed by atoms with van der Waals surface area (Å²) >= 11 is 0. The molecule has 0 aliphatic carbocycles. The summed E-state index contributed by atoms with van der Waals surface area (Å²) in [4.78, 5) is 25.3. The highest BCUT2D eigenvalue weighted by molar-refractivity contribution is 6.01. The molecule has 34 heavy (non-hydrogen) atoms. The molecule has 0 unspecified atom stereocenters. The van der Waals surface area contributed by atoms with E-state index in [9.17, 15) is 9.59 Å². The van der Waals surface area contributed by atoms with Crippen LogP contribution in [0.1, 0.15) is 16.1 Å². The molecular weight excluding hydrogens is 436 g/mol. The van der Waals surface area contributed by atoms with Gasteiger partial charge in [0.05, 0.1) is 44.8 Å². The Hall–Kier alpha value is -4.53. The van der Waals surface area contributed by atoms with E-state index in [1.165, 1.54) is 6.26 Å². The number of ether oxygens (including phenoxy) is 2. The van der Waals surface area contributed by atoms with Crippen LogP contribution < -0.4 is 20.1 Å². The Bertz CT molecular complexity index is 1270. The molecule has 0 spiro atoms. The topological polar surface area (TPSA) is 108 Å². The Kier molecular flexibility index (Phi) is 6.92. The molecule has 2 aromatic carbocycles. The third kappa shape index (κ3) is 5.09. The first-order valence-electron chi connectivity index (χ1n) is 10.5. The van der Waals surface area contributed by atoms with Gasteiger partial charge >= 0.3 is 0 Å². The van der Waals surface area contributed by atoms with Gasteiger partial charge in [-0.2, -0.15) is 5.10 Å². The van der Waals surface area contributed by atoms with E-state index in [1.807, 2.05) is 30.3 Å². The minimum absolute atomic E-state index is 0.193. The molecule has 2 aromatic heterocycles. The van der Waals surface area contributed by atoms with Crippen molar-refractivity contribution in [2.24, 2.45) is 0 Å². The number of nitrogens with one attached hydrogen (secondary N) is 2. The van der Waals surface area contributed by atoms with E-state index < -0.39 is 5.91 Å². The Labute approximate surface area is 196 Å². The van der Waals surface area contributed by atoms with Crippen LogP contribution in [0.5, 0.6) is 11.5 Å². The first-order valence-corrected chi connectivity index (χ1v) is 10.5. The Morgan fingerprint density at radius 3 is 2.47 bits per heavy atom. The summed E-state index contributed by atoms with van der Waals surface area (Å²) in [5, 5.41) is 10.0. The number of nitrogens with zero attached hydrogens (tertiary/aromatic N) is 2. The molecule has 0 aliphatic rings. The summed E-state index contributed by atoms with van der Waals surface area (Å²) < 4.78 is 17.5. The molecule has 0 fully saturated rings. The van der Waals surface area contributed by atoms with E-state index in [-0.39, 0.29) is 19.0 Å². The van der Waals surface area contributed by atoms with Crippen LogP contribution in [0.25, 0.3) is 16.9 Å². The number of methoxy groups -OCH3 is 2. The maximum atomic E-state index is 13.1. The van der Waals surface area contributed by atoms with Gasteiger partial charge in [-0.25, -0.2) is 4.68 Å². The maximum absolute atomic E-state index is 13.1. The highest BCUT2D eigenvalue weighted by Gasteiger charge is 2.20. The van der Waals surface area contributed by atoms with Crippen molar-refractivity contribution in [3.8, 4) is 28.4 Å². The van der Waals surface area contributed by atoms with Crippen molar-refractivity contribution in [1.29, 1.82) is 0 Å². The third-order valence-electron chi connectivity index (χ3n) is 5.09. The van der Waals surface area contributed by atoms with Crippen LogP contribution in [0.2, 0.25) is 0 Å². The summed E-state index contributed by atoms with van der Waals surface area (Å²) in [6.07, 6.45) is 3.17. The van der Waals surface area contributed by atoms with Crippen LogP contribution in [-0.4, -0.2) is 42.4 Å². The zero-order valence-electron chi connectivity index (χ0n) is 18.8. The van der Waals surface area contributed by atoms with Gasteiger partial charge in [0.1, 0.15) is 11.5 Å². The molecule has 0 saturated heterocycles. The lowest BCUT2D eigenvalue weighted by Gasteiger charge is -2.10. The van der Waals surface area contributed by atoms with Crippen LogP contribution in [0, 0.1) is 0 Å². The van der Waals surface area contributed by atoms with Crippen molar-refractivity contribution in [2.45, 2.75) is 6.54 Å². The normalized spacial score (nSPS) is 10.5. The first kappa shape index (κ1) is 22.7. The molecule has 4 aromatic rings. The minimum atomic E-state index is -0.430. The van der Waals surface area contributed by atoms with E-state index in [1.54, 1.807) is 55.4 Å². The van der Waals surface area contributed by atoms with Crippen LogP contribution in [-0.2, 0) is 11.3 Å². The molecule has 9 nitrogen and oxygen atoms in total. The number of carbonyl (C=O) groups is 2. The molecule has 2 heterocycles. The van der Waals surface area contributed by atoms with Gasteiger partial charge in [0.15, 0.2) is 11.5 Å². The van der Waals surface area contributed by atoms with Crippen LogP contribution in [0.15, 0.2) is 77.5 Å². The molecule has 2 amide bonds. The smallest absolute Gasteiger partial charge is 0.255 e. The number of para-hydroxylation sites is 1. The average molecular weight is 460 g/mol. The van der Waals surface area contributed by atoms with Crippen molar-refractivity contribution < 1.29 is 23.5 Å². The van der Waals surface area contributed by atoms with Gasteiger partial charge in [-0.1, -0.05) is 18.2 Å². The van der Waals surface area contributed by atoms with Gasteiger partial charge in [0.2, 0.25) is 5.91 Å². The van der Waals surface area contributed by atoms with Crippen LogP contribution in [0.3, 0.4) is 0 Å². The standard InChI is InChI=1S/C25H24N4O5/c1-32-21-11-10-17(13-22(21)33-2)24-20(16-29(28-24)18-7-4-3-5-8-18)25(31)27-15-23(30)26-14-19-9-6-12-34-19/h3-13,16H,14-15H2,1-2H3,(H,26,30)(H,27,31). The van der Waals surface area contributed by atoms with Gasteiger partial charge in [-0.3, -0.25) is 9.59 Å². The molecule has 0 atom stereocenters. The average Bonchev–Trinajstić information content (AvgIpc) is 3.56. The number of aromatic nitrogens is 2. The summed E-state index contributed by atoms with van der Waals surface area (Å²) in [7, 11) is 3.09. The quantitative estimate of drug-likeness (QED) is 0.397. The lowest BCUT2D eigenvalue weighted by atomic mass is 10.1. The second kappa shape index (κ2) is 10.4. The van der Waals surface area contributed by atoms with Crippen molar-refractivity contribution in [3.63, 3.8) is 0 Å². The zero-order valence-corrected chi connectivity index (χ0v) is 18.8. The minimum Gasteiger partial charge on any atom is -0.493 e. The summed E-state index contributed by atoms with van der Waals surface area (Å²) in [6, 6.07) is 18.2. The third-order valence-corrected chi connectivity index (χ3v) is 5.09. The second-order valence-corrected chi connectivity index (χ2v) is 7.28. The van der Waals surface area contributed by atoms with E-state index in [4.69, 9.17) is 13.9 Å². The fourth-order valence-electron chi connectivity index (χ4n) is 3.37. The molecule has 0 bridgehead atoms. The largest absolute Gasteiger partial charge is 0.493 e. The van der Waals surface area contributed by atoms with Crippen molar-refractivity contribution in [1.82, 2.24) is 20.4 Å². The number of hydrogen-bond acceptors (Lipinski definition) is 6. The lowest BCUT2D eigenvalue weighted by Crippen LogP contribution is -2.36. The Balaban J connectivity index is 1.58. The molecule has 0 saturated carbocycles. The monoisotopic (exact) mass is 460 g/mol. The van der Waals surface area contributed by atoms with E-state index >= 15 is 0 Å². The van der Waals surface area contributed by atoms with Crippen LogP contribution in [0.4, 0.5) is 0 Å². The van der Waals surface area contributed by atoms with Crippen molar-refractivity contribution in [2.75, 3.05) is 20.8 Å². The van der Waals surface area contributed by atoms with Gasteiger partial charge in [-0.05, 0) is 42.5 Å². The zero-order chi connectivity index (χ0) is 23.9. The number of benzene rings is 2. The number of rotatable bonds is 9. The van der Waals surface area contributed by atoms with E-state index in [0.29, 0.717) is 34.1 Å². The number of furan rings is 1. The van der Waals surface area contributed by atoms with Crippen LogP contribution >= 0.6 is 0 Å². The number of amides is 2. The highest BCUT2D eigenvalue weighted by atomic mass is 16.5. The maximum Gasteiger partial charge on any atom is 0.255 e. The SMILES string of the molecule is COc1ccc(-c2nn(-c3ccccc3)cc2C(=O)NCC(=O)NCc2ccco2)cc1OC. The fraction of sp³-hybridized carbons (Fsp3) is 0.160. The molecule has 0 radical (unpaired) electrons. The fourth-order valence-corrected chi connectivity index (χ4v) is 3.37. The first-order chi connectivity index (χ1) is 16.6. The molecule has 174 valence electrons. The number of hydrogen-bond donors (Lipinski definition) is 2. The van der Waals surface area contributed by atoms with Gasteiger partial charge in [0.25, 0.3) is 5.91 Å². The molecule has 2 N–H and O–H groups in total. The second-order valence-electron chi connectivity index (χ2n) is 7.28. The van der Waals surface area contributed by atoms with Gasteiger partial charge < -0.3 is 24.5 Å². The summed E-state index contributed by atoms with van der Waals surface area (Å²) in [5.41, 5.74) is 2.22. The molecule has 4 rings (SSSR count). The summed E-state index contributed by atoms with van der Waals surface area (Å²) in [5.74, 6) is 0.929. The van der Waals surface area contributed by atoms with E-state index in [2.05, 4.69) is 15.7 Å². The van der Waals surface area contributed by atoms with Gasteiger partial charge in [0, 0.05) is 11.8 Å². The van der Waals surface area contributed by atoms with Gasteiger partial charge in [-0.15, -0.1) is 0 Å².